The summed E-state index contributed by atoms with van der Waals surface area (Å²) in [5.41, 5.74) is 10.6. The Hall–Kier alpha value is -2.23. The largest absolute Gasteiger partial charge is 0.359 e. The quantitative estimate of drug-likeness (QED) is 0.668. The summed E-state index contributed by atoms with van der Waals surface area (Å²) in [6.07, 6.45) is 20.0. The highest BCUT2D eigenvalue weighted by atomic mass is 16.5. The smallest absolute Gasteiger partial charge is 0.0975 e. The molecule has 3 nitrogen and oxygen atoms in total. The van der Waals surface area contributed by atoms with Crippen molar-refractivity contribution >= 4 is 10.8 Å². The summed E-state index contributed by atoms with van der Waals surface area (Å²) in [5, 5.41) is 2.53. The predicted molar refractivity (Wildman–Crippen MR) is 124 cm³/mol. The van der Waals surface area contributed by atoms with Gasteiger partial charge in [0.15, 0.2) is 0 Å². The van der Waals surface area contributed by atoms with Gasteiger partial charge in [-0.3, -0.25) is 4.98 Å². The number of hydrogen-bond acceptors (Lipinski definition) is 3. The van der Waals surface area contributed by atoms with E-state index < -0.39 is 0 Å². The van der Waals surface area contributed by atoms with Gasteiger partial charge in [0.2, 0.25) is 0 Å². The Morgan fingerprint density at radius 2 is 2.03 bits per heavy atom. The van der Waals surface area contributed by atoms with Gasteiger partial charge >= 0.3 is 0 Å². The third-order valence-electron chi connectivity index (χ3n) is 9.42. The molecule has 1 saturated carbocycles. The molecule has 1 aromatic heterocycles. The van der Waals surface area contributed by atoms with Crippen LogP contribution in [0.15, 0.2) is 72.1 Å². The van der Waals surface area contributed by atoms with E-state index in [1.807, 2.05) is 12.4 Å². The van der Waals surface area contributed by atoms with Crippen molar-refractivity contribution < 1.29 is 4.74 Å². The number of rotatable bonds is 1. The second kappa shape index (κ2) is 5.96. The van der Waals surface area contributed by atoms with Crippen LogP contribution in [0.25, 0.3) is 10.8 Å². The van der Waals surface area contributed by atoms with Crippen LogP contribution in [-0.2, 0) is 4.74 Å². The molecule has 2 N–H and O–H groups in total. The first-order valence-corrected chi connectivity index (χ1v) is 11.9. The molecule has 0 amide bonds. The van der Waals surface area contributed by atoms with Gasteiger partial charge in [0.1, 0.15) is 0 Å². The normalized spacial score (nSPS) is 42.6. The van der Waals surface area contributed by atoms with Crippen LogP contribution in [0.5, 0.6) is 0 Å². The predicted octanol–water partition coefficient (Wildman–Crippen LogP) is 5.58. The highest BCUT2D eigenvalue weighted by Crippen LogP contribution is 2.68. The fraction of sp³-hybridized carbons (Fsp3) is 0.464. The van der Waals surface area contributed by atoms with Crippen LogP contribution >= 0.6 is 0 Å². The average Bonchev–Trinajstić information content (AvgIpc) is 3.28. The van der Waals surface area contributed by atoms with E-state index in [-0.39, 0.29) is 22.7 Å². The van der Waals surface area contributed by atoms with Crippen LogP contribution in [0, 0.1) is 11.3 Å². The van der Waals surface area contributed by atoms with Crippen molar-refractivity contribution in [1.82, 2.24) is 4.98 Å². The third-order valence-corrected chi connectivity index (χ3v) is 9.42. The van der Waals surface area contributed by atoms with E-state index in [2.05, 4.69) is 60.5 Å². The molecule has 3 heteroatoms. The summed E-state index contributed by atoms with van der Waals surface area (Å²) in [4.78, 5) is 4.36. The number of pyridine rings is 1. The van der Waals surface area contributed by atoms with Crippen molar-refractivity contribution in [2.45, 2.75) is 68.6 Å². The molecule has 31 heavy (non-hydrogen) atoms. The Morgan fingerprint density at radius 1 is 1.10 bits per heavy atom. The summed E-state index contributed by atoms with van der Waals surface area (Å²) < 4.78 is 7.21. The monoisotopic (exact) mass is 410 g/mol. The Bertz CT molecular complexity index is 1190. The van der Waals surface area contributed by atoms with Gasteiger partial charge in [0.05, 0.1) is 11.2 Å². The van der Waals surface area contributed by atoms with Crippen LogP contribution in [-0.4, -0.2) is 22.2 Å². The molecule has 2 spiro atoms. The lowest BCUT2D eigenvalue weighted by Gasteiger charge is -2.53. The molecule has 2 aromatic rings. The Labute approximate surface area is 184 Å². The van der Waals surface area contributed by atoms with Crippen molar-refractivity contribution in [1.29, 1.82) is 0 Å². The van der Waals surface area contributed by atoms with E-state index in [0.717, 1.165) is 25.7 Å². The molecule has 1 unspecified atom stereocenters. The van der Waals surface area contributed by atoms with Gasteiger partial charge in [-0.15, -0.1) is 0 Å². The molecular formula is C28H30N2O. The molecule has 0 radical (unpaired) electrons. The van der Waals surface area contributed by atoms with Gasteiger partial charge in [0, 0.05) is 23.8 Å². The molecule has 3 heterocycles. The van der Waals surface area contributed by atoms with E-state index in [0.29, 0.717) is 11.8 Å². The maximum Gasteiger partial charge on any atom is 0.0975 e. The van der Waals surface area contributed by atoms with Crippen LogP contribution in [0.1, 0.15) is 56.9 Å². The summed E-state index contributed by atoms with van der Waals surface area (Å²) in [6, 6.07) is 9.23. The van der Waals surface area contributed by atoms with Crippen LogP contribution in [0.4, 0.5) is 0 Å². The summed E-state index contributed by atoms with van der Waals surface area (Å²) in [5.74, 6) is 1.13. The van der Waals surface area contributed by atoms with E-state index in [1.54, 1.807) is 0 Å². The minimum atomic E-state index is -0.156. The number of nitrogens with zero attached hydrogens (tertiary/aromatic N) is 1. The molecule has 158 valence electrons. The van der Waals surface area contributed by atoms with Gasteiger partial charge in [-0.1, -0.05) is 43.4 Å². The zero-order valence-electron chi connectivity index (χ0n) is 18.2. The number of ether oxygens (including phenoxy) is 1. The number of benzene rings is 1. The fourth-order valence-corrected chi connectivity index (χ4v) is 7.97. The second-order valence-electron chi connectivity index (χ2n) is 10.8. The van der Waals surface area contributed by atoms with Crippen molar-refractivity contribution in [3.63, 3.8) is 0 Å². The SMILES string of the molecule is C[C@]12CC=C3C=C4C=C[C@@H](N)C[C@]45CCC3(O5)[C@@H]1CC[C@@H]2c1ccc2ccncc2c1. The Kier molecular flexibility index (Phi) is 3.53. The number of aromatic nitrogens is 1. The van der Waals surface area contributed by atoms with E-state index in [1.165, 1.54) is 40.3 Å². The molecular weight excluding hydrogens is 380 g/mol. The van der Waals surface area contributed by atoms with Crippen LogP contribution in [0.2, 0.25) is 0 Å². The average molecular weight is 411 g/mol. The van der Waals surface area contributed by atoms with E-state index in [4.69, 9.17) is 10.5 Å². The number of nitrogens with two attached hydrogens (primary N) is 1. The number of fused-ring (bicyclic) bond motifs is 2. The molecule has 5 aliphatic rings. The zero-order valence-corrected chi connectivity index (χ0v) is 18.2. The van der Waals surface area contributed by atoms with Crippen molar-refractivity contribution in [3.05, 3.63) is 77.7 Å². The van der Waals surface area contributed by atoms with Crippen LogP contribution < -0.4 is 5.73 Å². The molecule has 1 saturated heterocycles. The standard InChI is InChI=1S/C28H30N2O/c1-26-10-8-22-15-21-4-5-23(29)16-27(21)11-12-28(22,31-27)25(26)7-6-24(26)19-3-2-18-9-13-30-17-20(18)14-19/h2-5,8-9,13-15,17,23-25H,6-7,10-12,16,29H2,1H3/t23-,24-,25-,26-,27-,28?/m1/s1. The van der Waals surface area contributed by atoms with Crippen molar-refractivity contribution in [2.75, 3.05) is 0 Å². The van der Waals surface area contributed by atoms with Crippen molar-refractivity contribution in [3.8, 4) is 0 Å². The van der Waals surface area contributed by atoms with Gasteiger partial charge in [-0.05, 0) is 90.0 Å². The fourth-order valence-electron chi connectivity index (χ4n) is 7.97. The summed E-state index contributed by atoms with van der Waals surface area (Å²) in [6.45, 7) is 2.53. The molecule has 2 aliphatic heterocycles. The van der Waals surface area contributed by atoms with E-state index >= 15 is 0 Å². The minimum Gasteiger partial charge on any atom is -0.359 e. The van der Waals surface area contributed by atoms with Crippen LogP contribution in [0.3, 0.4) is 0 Å². The lowest BCUT2D eigenvalue weighted by atomic mass is 9.58. The molecule has 7 rings (SSSR count). The Balaban J connectivity index is 1.32. The highest BCUT2D eigenvalue weighted by Gasteiger charge is 2.66. The number of hydrogen-bond donors (Lipinski definition) is 1. The first-order chi connectivity index (χ1) is 15.0. The summed E-state index contributed by atoms with van der Waals surface area (Å²) >= 11 is 0. The lowest BCUT2D eigenvalue weighted by molar-refractivity contribution is -0.129. The van der Waals surface area contributed by atoms with E-state index in [9.17, 15) is 0 Å². The summed E-state index contributed by atoms with van der Waals surface area (Å²) in [7, 11) is 0. The second-order valence-corrected chi connectivity index (χ2v) is 10.8. The number of allylic oxidation sites excluding steroid dienone is 1. The van der Waals surface area contributed by atoms with Gasteiger partial charge in [-0.25, -0.2) is 0 Å². The first kappa shape index (κ1) is 18.4. The highest BCUT2D eigenvalue weighted by molar-refractivity contribution is 5.82. The Morgan fingerprint density at radius 3 is 2.97 bits per heavy atom. The third kappa shape index (κ3) is 2.29. The van der Waals surface area contributed by atoms with Crippen molar-refractivity contribution in [2.24, 2.45) is 17.1 Å². The molecule has 6 atom stereocenters. The molecule has 2 fully saturated rings. The lowest BCUT2D eigenvalue weighted by Crippen LogP contribution is -2.54. The zero-order chi connectivity index (χ0) is 20.8. The molecule has 1 aromatic carbocycles. The first-order valence-electron chi connectivity index (χ1n) is 11.9. The minimum absolute atomic E-state index is 0.107. The van der Waals surface area contributed by atoms with Gasteiger partial charge in [-0.2, -0.15) is 0 Å². The van der Waals surface area contributed by atoms with Gasteiger partial charge < -0.3 is 10.5 Å². The molecule has 2 bridgehead atoms. The van der Waals surface area contributed by atoms with Gasteiger partial charge in [0.25, 0.3) is 0 Å². The topological polar surface area (TPSA) is 48.1 Å². The maximum atomic E-state index is 7.21. The maximum absolute atomic E-state index is 7.21. The molecule has 3 aliphatic carbocycles.